The van der Waals surface area contributed by atoms with Crippen molar-refractivity contribution in [1.82, 2.24) is 5.32 Å². The van der Waals surface area contributed by atoms with Crippen molar-refractivity contribution in [3.05, 3.63) is 64.7 Å². The number of alkyl halides is 3. The van der Waals surface area contributed by atoms with Crippen LogP contribution in [0.15, 0.2) is 42.5 Å². The van der Waals surface area contributed by atoms with E-state index in [4.69, 9.17) is 9.31 Å². The summed E-state index contributed by atoms with van der Waals surface area (Å²) in [6.45, 7) is 6.26. The lowest BCUT2D eigenvalue weighted by Crippen LogP contribution is -2.37. The standard InChI is InChI=1S/C23H25BF3NO3/c1-14(28-21(29)17-5-4-6-18(11-17)23(25,26)27)16-9-10-19(15-7-8-15)20(12-16)24-30-13-22(2,3)31-24/h4-6,9-12,14-15H,7-8,13H2,1-3H3,(H,28,29)/t14-/m0/s1. The minimum Gasteiger partial charge on any atom is -0.404 e. The lowest BCUT2D eigenvalue weighted by Gasteiger charge is -2.20. The van der Waals surface area contributed by atoms with Crippen LogP contribution in [-0.4, -0.2) is 25.2 Å². The molecule has 164 valence electrons. The Morgan fingerprint density at radius 2 is 1.94 bits per heavy atom. The molecule has 1 saturated carbocycles. The van der Waals surface area contributed by atoms with Crippen molar-refractivity contribution >= 4 is 18.5 Å². The van der Waals surface area contributed by atoms with Gasteiger partial charge < -0.3 is 14.6 Å². The largest absolute Gasteiger partial charge is 0.494 e. The van der Waals surface area contributed by atoms with Crippen molar-refractivity contribution in [2.75, 3.05) is 6.61 Å². The average molecular weight is 431 g/mol. The highest BCUT2D eigenvalue weighted by molar-refractivity contribution is 6.62. The Morgan fingerprint density at radius 3 is 2.55 bits per heavy atom. The fourth-order valence-electron chi connectivity index (χ4n) is 3.82. The van der Waals surface area contributed by atoms with Gasteiger partial charge in [-0.05, 0) is 74.3 Å². The Balaban J connectivity index is 1.54. The lowest BCUT2D eigenvalue weighted by atomic mass is 9.73. The Hall–Kier alpha value is -2.32. The van der Waals surface area contributed by atoms with E-state index in [-0.39, 0.29) is 11.2 Å². The van der Waals surface area contributed by atoms with Crippen LogP contribution in [0.2, 0.25) is 0 Å². The minimum atomic E-state index is -4.50. The quantitative estimate of drug-likeness (QED) is 0.705. The summed E-state index contributed by atoms with van der Waals surface area (Å²) in [6, 6.07) is 10.0. The number of carbonyl (C=O) groups is 1. The van der Waals surface area contributed by atoms with Crippen LogP contribution >= 0.6 is 0 Å². The van der Waals surface area contributed by atoms with Gasteiger partial charge in [0.2, 0.25) is 0 Å². The Labute approximate surface area is 180 Å². The van der Waals surface area contributed by atoms with E-state index in [1.807, 2.05) is 39.0 Å². The summed E-state index contributed by atoms with van der Waals surface area (Å²) >= 11 is 0. The molecule has 1 saturated heterocycles. The topological polar surface area (TPSA) is 47.6 Å². The smallest absolute Gasteiger partial charge is 0.404 e. The van der Waals surface area contributed by atoms with E-state index in [0.29, 0.717) is 12.5 Å². The van der Waals surface area contributed by atoms with E-state index in [1.165, 1.54) is 17.7 Å². The molecule has 4 nitrogen and oxygen atoms in total. The third-order valence-corrected chi connectivity index (χ3v) is 5.69. The molecule has 0 spiro atoms. The highest BCUT2D eigenvalue weighted by Crippen LogP contribution is 2.40. The first kappa shape index (κ1) is 21.9. The summed E-state index contributed by atoms with van der Waals surface area (Å²) in [5.41, 5.74) is 1.76. The van der Waals surface area contributed by atoms with Crippen molar-refractivity contribution in [2.45, 2.75) is 57.3 Å². The lowest BCUT2D eigenvalue weighted by molar-refractivity contribution is -0.137. The molecule has 8 heteroatoms. The van der Waals surface area contributed by atoms with Gasteiger partial charge in [0.1, 0.15) is 0 Å². The van der Waals surface area contributed by atoms with Crippen LogP contribution in [0.4, 0.5) is 13.2 Å². The first-order valence-electron chi connectivity index (χ1n) is 10.4. The second kappa shape index (κ2) is 7.99. The number of nitrogens with one attached hydrogen (secondary N) is 1. The maximum atomic E-state index is 13.0. The van der Waals surface area contributed by atoms with Gasteiger partial charge in [0.05, 0.1) is 23.8 Å². The molecule has 1 N–H and O–H groups in total. The van der Waals surface area contributed by atoms with E-state index in [2.05, 4.69) is 5.32 Å². The first-order valence-corrected chi connectivity index (χ1v) is 10.4. The van der Waals surface area contributed by atoms with Gasteiger partial charge in [-0.25, -0.2) is 0 Å². The number of hydrogen-bond donors (Lipinski definition) is 1. The number of rotatable bonds is 5. The molecule has 2 aromatic carbocycles. The fourth-order valence-corrected chi connectivity index (χ4v) is 3.82. The molecular formula is C23H25BF3NO3. The maximum Gasteiger partial charge on any atom is 0.494 e. The highest BCUT2D eigenvalue weighted by Gasteiger charge is 2.41. The highest BCUT2D eigenvalue weighted by atomic mass is 19.4. The molecule has 2 fully saturated rings. The number of amides is 1. The molecule has 1 amide bonds. The molecule has 1 atom stereocenters. The van der Waals surface area contributed by atoms with Gasteiger partial charge in [-0.15, -0.1) is 0 Å². The molecule has 4 rings (SSSR count). The van der Waals surface area contributed by atoms with Gasteiger partial charge in [-0.3, -0.25) is 4.79 Å². The van der Waals surface area contributed by atoms with Crippen LogP contribution in [0.5, 0.6) is 0 Å². The summed E-state index contributed by atoms with van der Waals surface area (Å²) < 4.78 is 50.8. The molecule has 1 aliphatic carbocycles. The predicted octanol–water partition coefficient (Wildman–Crippen LogP) is 4.59. The zero-order valence-corrected chi connectivity index (χ0v) is 17.8. The van der Waals surface area contributed by atoms with E-state index >= 15 is 0 Å². The number of carbonyl (C=O) groups excluding carboxylic acids is 1. The van der Waals surface area contributed by atoms with Crippen LogP contribution in [0.3, 0.4) is 0 Å². The molecule has 0 unspecified atom stereocenters. The van der Waals surface area contributed by atoms with Crippen LogP contribution in [0.1, 0.15) is 72.6 Å². The molecule has 2 aliphatic rings. The molecule has 1 aliphatic heterocycles. The minimum absolute atomic E-state index is 0.0271. The van der Waals surface area contributed by atoms with Gasteiger partial charge in [-0.1, -0.05) is 24.3 Å². The van der Waals surface area contributed by atoms with Crippen molar-refractivity contribution in [1.29, 1.82) is 0 Å². The van der Waals surface area contributed by atoms with E-state index < -0.39 is 30.8 Å². The number of benzene rings is 2. The second-order valence-electron chi connectivity index (χ2n) is 8.96. The molecule has 0 bridgehead atoms. The van der Waals surface area contributed by atoms with E-state index in [0.717, 1.165) is 36.0 Å². The Morgan fingerprint density at radius 1 is 1.19 bits per heavy atom. The molecule has 0 aromatic heterocycles. The fraction of sp³-hybridized carbons (Fsp3) is 0.435. The first-order chi connectivity index (χ1) is 14.5. The van der Waals surface area contributed by atoms with Crippen molar-refractivity contribution in [3.63, 3.8) is 0 Å². The van der Waals surface area contributed by atoms with Gasteiger partial charge in [-0.2, -0.15) is 13.2 Å². The normalized spacial score (nSPS) is 19.4. The van der Waals surface area contributed by atoms with E-state index in [9.17, 15) is 18.0 Å². The molecule has 31 heavy (non-hydrogen) atoms. The summed E-state index contributed by atoms with van der Waals surface area (Å²) in [4.78, 5) is 12.6. The average Bonchev–Trinajstić information content (AvgIpc) is 3.49. The predicted molar refractivity (Wildman–Crippen MR) is 112 cm³/mol. The molecular weight excluding hydrogens is 406 g/mol. The SMILES string of the molecule is C[C@H](NC(=O)c1cccc(C(F)(F)F)c1)c1ccc(C2CC2)c(B2OCC(C)(C)O2)c1. The van der Waals surface area contributed by atoms with Crippen LogP contribution in [0, 0.1) is 0 Å². The van der Waals surface area contributed by atoms with Gasteiger partial charge in [0, 0.05) is 5.56 Å². The summed E-state index contributed by atoms with van der Waals surface area (Å²) in [7, 11) is -0.461. The molecule has 1 heterocycles. The van der Waals surface area contributed by atoms with Crippen LogP contribution < -0.4 is 10.8 Å². The summed E-state index contributed by atoms with van der Waals surface area (Å²) in [5.74, 6) is -0.0594. The third kappa shape index (κ3) is 4.96. The zero-order chi connectivity index (χ0) is 22.4. The third-order valence-electron chi connectivity index (χ3n) is 5.69. The van der Waals surface area contributed by atoms with Gasteiger partial charge in [0.15, 0.2) is 0 Å². The van der Waals surface area contributed by atoms with Crippen molar-refractivity contribution in [2.24, 2.45) is 0 Å². The van der Waals surface area contributed by atoms with Gasteiger partial charge in [0.25, 0.3) is 5.91 Å². The van der Waals surface area contributed by atoms with Crippen molar-refractivity contribution in [3.8, 4) is 0 Å². The second-order valence-corrected chi connectivity index (χ2v) is 8.96. The maximum absolute atomic E-state index is 13.0. The summed E-state index contributed by atoms with van der Waals surface area (Å²) in [6.07, 6.45) is -2.24. The monoisotopic (exact) mass is 431 g/mol. The number of hydrogen-bond acceptors (Lipinski definition) is 3. The molecule has 2 aromatic rings. The van der Waals surface area contributed by atoms with Crippen molar-refractivity contribution < 1.29 is 27.3 Å². The van der Waals surface area contributed by atoms with Crippen LogP contribution in [-0.2, 0) is 15.5 Å². The van der Waals surface area contributed by atoms with Gasteiger partial charge >= 0.3 is 13.3 Å². The van der Waals surface area contributed by atoms with E-state index in [1.54, 1.807) is 0 Å². The Bertz CT molecular complexity index is 988. The molecule has 0 radical (unpaired) electrons. The zero-order valence-electron chi connectivity index (χ0n) is 17.8. The van der Waals surface area contributed by atoms with Crippen LogP contribution in [0.25, 0.3) is 0 Å². The Kier molecular flexibility index (Phi) is 5.64. The number of halogens is 3. The summed E-state index contributed by atoms with van der Waals surface area (Å²) in [5, 5.41) is 2.80.